The van der Waals surface area contributed by atoms with E-state index in [0.717, 1.165) is 4.47 Å². The van der Waals surface area contributed by atoms with E-state index < -0.39 is 0 Å². The smallest absolute Gasteiger partial charge is 0.132 e. The minimum absolute atomic E-state index is 0.0207. The highest BCUT2D eigenvalue weighted by Gasteiger charge is 2.09. The summed E-state index contributed by atoms with van der Waals surface area (Å²) in [6, 6.07) is 6.44. The lowest BCUT2D eigenvalue weighted by atomic mass is 10.1. The maximum Gasteiger partial charge on any atom is 0.132 e. The van der Waals surface area contributed by atoms with E-state index in [9.17, 15) is 4.39 Å². The molecule has 1 unspecified atom stereocenters. The number of aromatic nitrogens is 2. The number of halogens is 2. The van der Waals surface area contributed by atoms with Gasteiger partial charge in [0.25, 0.3) is 0 Å². The van der Waals surface area contributed by atoms with Gasteiger partial charge in [-0.15, -0.1) is 0 Å². The summed E-state index contributed by atoms with van der Waals surface area (Å²) in [7, 11) is 0. The molecule has 2 rings (SSSR count). The fourth-order valence-electron chi connectivity index (χ4n) is 1.63. The molecule has 0 bridgehead atoms. The van der Waals surface area contributed by atoms with Crippen LogP contribution in [0.15, 0.2) is 34.9 Å². The first kappa shape index (κ1) is 13.1. The molecular weight excluding hydrogens is 297 g/mol. The molecule has 1 aromatic heterocycles. The number of nitrogens with two attached hydrogens (primary N) is 1. The fraction of sp³-hybridized carbons (Fsp3) is 0.231. The second kappa shape index (κ2) is 5.54. The van der Waals surface area contributed by atoms with Crippen molar-refractivity contribution in [2.24, 2.45) is 5.73 Å². The van der Waals surface area contributed by atoms with E-state index in [1.165, 1.54) is 6.07 Å². The zero-order valence-corrected chi connectivity index (χ0v) is 11.5. The van der Waals surface area contributed by atoms with Crippen LogP contribution in [0, 0.1) is 5.82 Å². The van der Waals surface area contributed by atoms with Crippen LogP contribution in [0.1, 0.15) is 12.7 Å². The highest BCUT2D eigenvalue weighted by atomic mass is 79.9. The predicted molar refractivity (Wildman–Crippen MR) is 72.5 cm³/mol. The van der Waals surface area contributed by atoms with E-state index in [2.05, 4.69) is 25.9 Å². The van der Waals surface area contributed by atoms with Gasteiger partial charge in [-0.2, -0.15) is 0 Å². The van der Waals surface area contributed by atoms with E-state index in [1.54, 1.807) is 24.4 Å². The number of nitrogens with zero attached hydrogens (tertiary/aromatic N) is 2. The van der Waals surface area contributed by atoms with E-state index in [-0.39, 0.29) is 11.9 Å². The van der Waals surface area contributed by atoms with Crippen molar-refractivity contribution >= 4 is 15.9 Å². The van der Waals surface area contributed by atoms with Gasteiger partial charge in [-0.1, -0.05) is 15.9 Å². The maximum atomic E-state index is 13.7. The van der Waals surface area contributed by atoms with Crippen LogP contribution >= 0.6 is 15.9 Å². The monoisotopic (exact) mass is 309 g/mol. The zero-order chi connectivity index (χ0) is 13.1. The minimum Gasteiger partial charge on any atom is -0.328 e. The molecule has 1 aromatic carbocycles. The summed E-state index contributed by atoms with van der Waals surface area (Å²) in [5, 5.41) is 0. The van der Waals surface area contributed by atoms with Crippen LogP contribution in [0.2, 0.25) is 0 Å². The molecule has 0 radical (unpaired) electrons. The third-order valence-corrected chi connectivity index (χ3v) is 2.91. The van der Waals surface area contributed by atoms with Crippen molar-refractivity contribution in [2.45, 2.75) is 19.4 Å². The van der Waals surface area contributed by atoms with E-state index in [1.807, 2.05) is 6.92 Å². The SMILES string of the molecule is CC(N)Cc1nccc(-c2cc(Br)ccc2F)n1. The number of hydrogen-bond acceptors (Lipinski definition) is 3. The van der Waals surface area contributed by atoms with Gasteiger partial charge < -0.3 is 5.73 Å². The quantitative estimate of drug-likeness (QED) is 0.948. The topological polar surface area (TPSA) is 51.8 Å². The number of hydrogen-bond donors (Lipinski definition) is 1. The van der Waals surface area contributed by atoms with Crippen LogP contribution in [-0.4, -0.2) is 16.0 Å². The zero-order valence-electron chi connectivity index (χ0n) is 9.90. The van der Waals surface area contributed by atoms with Gasteiger partial charge >= 0.3 is 0 Å². The van der Waals surface area contributed by atoms with Crippen LogP contribution < -0.4 is 5.73 Å². The molecule has 0 aliphatic carbocycles. The van der Waals surface area contributed by atoms with Crippen LogP contribution in [0.25, 0.3) is 11.3 Å². The van der Waals surface area contributed by atoms with Crippen LogP contribution in [0.4, 0.5) is 4.39 Å². The van der Waals surface area contributed by atoms with Gasteiger partial charge in [0.2, 0.25) is 0 Å². The van der Waals surface area contributed by atoms with Crippen molar-refractivity contribution in [1.82, 2.24) is 9.97 Å². The highest BCUT2D eigenvalue weighted by molar-refractivity contribution is 9.10. The maximum absolute atomic E-state index is 13.7. The molecule has 0 saturated carbocycles. The second-order valence-corrected chi connectivity index (χ2v) is 5.08. The molecule has 18 heavy (non-hydrogen) atoms. The van der Waals surface area contributed by atoms with Crippen molar-refractivity contribution in [3.05, 3.63) is 46.6 Å². The Bertz CT molecular complexity index is 558. The number of rotatable bonds is 3. The Morgan fingerprint density at radius 1 is 1.39 bits per heavy atom. The summed E-state index contributed by atoms with van der Waals surface area (Å²) in [4.78, 5) is 8.47. The van der Waals surface area contributed by atoms with Crippen LogP contribution in [0.5, 0.6) is 0 Å². The van der Waals surface area contributed by atoms with Crippen molar-refractivity contribution in [3.63, 3.8) is 0 Å². The molecule has 2 N–H and O–H groups in total. The molecule has 3 nitrogen and oxygen atoms in total. The molecule has 0 aliphatic rings. The first-order chi connectivity index (χ1) is 8.56. The Morgan fingerprint density at radius 3 is 2.89 bits per heavy atom. The molecule has 0 aliphatic heterocycles. The molecule has 5 heteroatoms. The van der Waals surface area contributed by atoms with Gasteiger partial charge in [-0.3, -0.25) is 0 Å². The third-order valence-electron chi connectivity index (χ3n) is 2.41. The molecule has 94 valence electrons. The van der Waals surface area contributed by atoms with E-state index >= 15 is 0 Å². The van der Waals surface area contributed by atoms with Crippen molar-refractivity contribution in [1.29, 1.82) is 0 Å². The molecule has 0 spiro atoms. The summed E-state index contributed by atoms with van der Waals surface area (Å²) in [6.07, 6.45) is 2.20. The highest BCUT2D eigenvalue weighted by Crippen LogP contribution is 2.24. The molecule has 2 aromatic rings. The molecule has 0 saturated heterocycles. The lowest BCUT2D eigenvalue weighted by Gasteiger charge is -2.07. The van der Waals surface area contributed by atoms with Gasteiger partial charge in [0.05, 0.1) is 5.69 Å². The van der Waals surface area contributed by atoms with Crippen LogP contribution in [-0.2, 0) is 6.42 Å². The summed E-state index contributed by atoms with van der Waals surface area (Å²) >= 11 is 3.32. The average Bonchev–Trinajstić information content (AvgIpc) is 2.32. The second-order valence-electron chi connectivity index (χ2n) is 4.16. The van der Waals surface area contributed by atoms with Crippen molar-refractivity contribution in [2.75, 3.05) is 0 Å². The first-order valence-electron chi connectivity index (χ1n) is 5.59. The van der Waals surface area contributed by atoms with Gasteiger partial charge in [0.15, 0.2) is 0 Å². The van der Waals surface area contributed by atoms with Gasteiger partial charge in [0.1, 0.15) is 11.6 Å². The van der Waals surface area contributed by atoms with Crippen LogP contribution in [0.3, 0.4) is 0 Å². The summed E-state index contributed by atoms with van der Waals surface area (Å²) in [5.41, 5.74) is 6.73. The average molecular weight is 310 g/mol. The van der Waals surface area contributed by atoms with Gasteiger partial charge in [0, 0.05) is 28.7 Å². The van der Waals surface area contributed by atoms with Gasteiger partial charge in [-0.25, -0.2) is 14.4 Å². The Balaban J connectivity index is 2.41. The van der Waals surface area contributed by atoms with Crippen molar-refractivity contribution < 1.29 is 4.39 Å². The molecular formula is C13H13BrFN3. The minimum atomic E-state index is -0.302. The Morgan fingerprint density at radius 2 is 2.17 bits per heavy atom. The largest absolute Gasteiger partial charge is 0.328 e. The molecule has 1 atom stereocenters. The molecule has 0 amide bonds. The predicted octanol–water partition coefficient (Wildman–Crippen LogP) is 2.93. The molecule has 1 heterocycles. The van der Waals surface area contributed by atoms with Crippen molar-refractivity contribution in [3.8, 4) is 11.3 Å². The Kier molecular flexibility index (Phi) is 4.04. The standard InChI is InChI=1S/C13H13BrFN3/c1-8(16)6-13-17-5-4-12(18-13)10-7-9(14)2-3-11(10)15/h2-5,7-8H,6,16H2,1H3. The Labute approximate surface area is 113 Å². The fourth-order valence-corrected chi connectivity index (χ4v) is 1.99. The van der Waals surface area contributed by atoms with E-state index in [4.69, 9.17) is 5.73 Å². The lowest BCUT2D eigenvalue weighted by molar-refractivity contribution is 0.630. The lowest BCUT2D eigenvalue weighted by Crippen LogP contribution is -2.19. The summed E-state index contributed by atoms with van der Waals surface area (Å²) < 4.78 is 14.6. The Hall–Kier alpha value is -1.33. The van der Waals surface area contributed by atoms with E-state index in [0.29, 0.717) is 23.5 Å². The first-order valence-corrected chi connectivity index (χ1v) is 6.38. The third kappa shape index (κ3) is 3.11. The summed E-state index contributed by atoms with van der Waals surface area (Å²) in [6.45, 7) is 1.88. The summed E-state index contributed by atoms with van der Waals surface area (Å²) in [5.74, 6) is 0.325. The molecule has 0 fully saturated rings. The number of benzene rings is 1. The normalized spacial score (nSPS) is 12.4. The van der Waals surface area contributed by atoms with Gasteiger partial charge in [-0.05, 0) is 31.2 Å².